The number of carbonyl (C=O) groups is 1. The van der Waals surface area contributed by atoms with E-state index < -0.39 is 5.97 Å². The number of carboxylic acid groups (broad SMARTS) is 1. The van der Waals surface area contributed by atoms with Gasteiger partial charge in [0.1, 0.15) is 0 Å². The zero-order valence-electron chi connectivity index (χ0n) is 13.4. The number of aliphatic carboxylic acids is 1. The summed E-state index contributed by atoms with van der Waals surface area (Å²) in [5.74, 6) is 0.528. The average Bonchev–Trinajstić information content (AvgIpc) is 2.43. The van der Waals surface area contributed by atoms with E-state index in [4.69, 9.17) is 14.6 Å². The molecule has 0 saturated carbocycles. The highest BCUT2D eigenvalue weighted by Crippen LogP contribution is 2.37. The fourth-order valence-corrected chi connectivity index (χ4v) is 2.58. The summed E-state index contributed by atoms with van der Waals surface area (Å²) in [6.45, 7) is 4.00. The smallest absolute Gasteiger partial charge is 0.303 e. The van der Waals surface area contributed by atoms with Gasteiger partial charge in [-0.2, -0.15) is 0 Å². The van der Waals surface area contributed by atoms with Crippen LogP contribution >= 0.6 is 15.9 Å². The predicted molar refractivity (Wildman–Crippen MR) is 89.9 cm³/mol. The summed E-state index contributed by atoms with van der Waals surface area (Å²) >= 11 is 3.49. The lowest BCUT2D eigenvalue weighted by Crippen LogP contribution is -2.15. The topological polar surface area (TPSA) is 59.0 Å². The molecule has 0 aromatic heterocycles. The number of rotatable bonds is 10. The number of aryl methyl sites for hydroxylation is 1. The van der Waals surface area contributed by atoms with Crippen LogP contribution in [0.25, 0.3) is 0 Å². The molecule has 22 heavy (non-hydrogen) atoms. The summed E-state index contributed by atoms with van der Waals surface area (Å²) in [5.41, 5.74) is 0.915. The molecule has 0 spiro atoms. The molecule has 1 aromatic carbocycles. The first-order valence-corrected chi connectivity index (χ1v) is 8.17. The van der Waals surface area contributed by atoms with Gasteiger partial charge >= 0.3 is 5.97 Å². The van der Waals surface area contributed by atoms with Crippen LogP contribution in [-0.2, 0) is 11.2 Å². The Morgan fingerprint density at radius 2 is 2.05 bits per heavy atom. The van der Waals surface area contributed by atoms with Crippen LogP contribution in [-0.4, -0.2) is 49.8 Å². The number of hydrogen-bond acceptors (Lipinski definition) is 4. The van der Waals surface area contributed by atoms with Crippen LogP contribution in [0.4, 0.5) is 0 Å². The molecule has 5 nitrogen and oxygen atoms in total. The van der Waals surface area contributed by atoms with Crippen molar-refractivity contribution in [1.82, 2.24) is 4.90 Å². The summed E-state index contributed by atoms with van der Waals surface area (Å²) in [6, 6.07) is 3.76. The van der Waals surface area contributed by atoms with Crippen molar-refractivity contribution in [2.24, 2.45) is 0 Å². The van der Waals surface area contributed by atoms with Crippen molar-refractivity contribution in [2.45, 2.75) is 26.2 Å². The van der Waals surface area contributed by atoms with Gasteiger partial charge in [0.05, 0.1) is 17.7 Å². The quantitative estimate of drug-likeness (QED) is 0.638. The van der Waals surface area contributed by atoms with Gasteiger partial charge < -0.3 is 19.5 Å². The van der Waals surface area contributed by atoms with Gasteiger partial charge in [-0.3, -0.25) is 4.79 Å². The molecule has 1 aromatic rings. The van der Waals surface area contributed by atoms with Crippen molar-refractivity contribution < 1.29 is 19.4 Å². The Bertz CT molecular complexity index is 491. The first kappa shape index (κ1) is 18.8. The van der Waals surface area contributed by atoms with Crippen molar-refractivity contribution in [3.63, 3.8) is 0 Å². The van der Waals surface area contributed by atoms with Gasteiger partial charge in [-0.05, 0) is 67.5 Å². The summed E-state index contributed by atoms with van der Waals surface area (Å²) in [5, 5.41) is 8.79. The zero-order valence-corrected chi connectivity index (χ0v) is 15.0. The third-order valence-corrected chi connectivity index (χ3v) is 3.58. The molecular formula is C16H24BrNO4. The molecule has 0 atom stereocenters. The van der Waals surface area contributed by atoms with Gasteiger partial charge in [-0.15, -0.1) is 0 Å². The zero-order chi connectivity index (χ0) is 16.5. The van der Waals surface area contributed by atoms with Crippen LogP contribution in [0.3, 0.4) is 0 Å². The first-order chi connectivity index (χ1) is 10.4. The summed E-state index contributed by atoms with van der Waals surface area (Å²) in [4.78, 5) is 12.8. The van der Waals surface area contributed by atoms with Crippen molar-refractivity contribution >= 4 is 21.9 Å². The number of ether oxygens (including phenoxy) is 2. The minimum absolute atomic E-state index is 0.0983. The van der Waals surface area contributed by atoms with Crippen molar-refractivity contribution in [2.75, 3.05) is 33.9 Å². The van der Waals surface area contributed by atoms with E-state index in [1.165, 1.54) is 0 Å². The molecule has 6 heteroatoms. The van der Waals surface area contributed by atoms with Crippen molar-refractivity contribution in [1.29, 1.82) is 0 Å². The van der Waals surface area contributed by atoms with E-state index in [0.717, 1.165) is 23.0 Å². The lowest BCUT2D eigenvalue weighted by molar-refractivity contribution is -0.136. The molecule has 0 heterocycles. The number of hydrogen-bond donors (Lipinski definition) is 1. The third kappa shape index (κ3) is 6.66. The van der Waals surface area contributed by atoms with E-state index in [0.29, 0.717) is 31.1 Å². The maximum atomic E-state index is 10.7. The van der Waals surface area contributed by atoms with Crippen LogP contribution in [0.5, 0.6) is 11.5 Å². The Morgan fingerprint density at radius 1 is 1.32 bits per heavy atom. The molecule has 124 valence electrons. The normalized spacial score (nSPS) is 10.8. The lowest BCUT2D eigenvalue weighted by Gasteiger charge is -2.16. The first-order valence-electron chi connectivity index (χ1n) is 7.38. The lowest BCUT2D eigenvalue weighted by atomic mass is 10.1. The Kier molecular flexibility index (Phi) is 8.27. The van der Waals surface area contributed by atoms with Gasteiger partial charge in [-0.25, -0.2) is 0 Å². The number of halogens is 1. The summed E-state index contributed by atoms with van der Waals surface area (Å²) in [7, 11) is 4.05. The summed E-state index contributed by atoms with van der Waals surface area (Å²) in [6.07, 6.45) is 1.49. The molecule has 0 aliphatic heterocycles. The highest BCUT2D eigenvalue weighted by Gasteiger charge is 2.13. The number of benzene rings is 1. The monoisotopic (exact) mass is 373 g/mol. The van der Waals surface area contributed by atoms with E-state index in [2.05, 4.69) is 20.8 Å². The van der Waals surface area contributed by atoms with Crippen LogP contribution in [0.15, 0.2) is 16.6 Å². The molecule has 0 fully saturated rings. The standard InChI is InChI=1S/C16H24BrNO4/c1-4-21-14-11-12(6-7-15(19)20)10-13(17)16(14)22-9-5-8-18(2)3/h10-11H,4-9H2,1-3H3,(H,19,20). The molecule has 1 N–H and O–H groups in total. The van der Waals surface area contributed by atoms with Gasteiger partial charge in [-0.1, -0.05) is 0 Å². The fourth-order valence-electron chi connectivity index (χ4n) is 1.98. The Labute approximate surface area is 140 Å². The number of carboxylic acids is 1. The second-order valence-corrected chi connectivity index (χ2v) is 6.09. The molecule has 0 radical (unpaired) electrons. The van der Waals surface area contributed by atoms with Crippen LogP contribution < -0.4 is 9.47 Å². The SMILES string of the molecule is CCOc1cc(CCC(=O)O)cc(Br)c1OCCCN(C)C. The Hall–Kier alpha value is -1.27. The molecule has 0 unspecified atom stereocenters. The third-order valence-electron chi connectivity index (χ3n) is 2.99. The second kappa shape index (κ2) is 9.69. The predicted octanol–water partition coefficient (Wildman–Crippen LogP) is 3.20. The molecule has 0 aliphatic carbocycles. The van der Waals surface area contributed by atoms with E-state index in [-0.39, 0.29) is 6.42 Å². The van der Waals surface area contributed by atoms with E-state index in [9.17, 15) is 4.79 Å². The summed E-state index contributed by atoms with van der Waals surface area (Å²) < 4.78 is 12.3. The van der Waals surface area contributed by atoms with Gasteiger partial charge in [0.15, 0.2) is 11.5 Å². The Balaban J connectivity index is 2.79. The van der Waals surface area contributed by atoms with Gasteiger partial charge in [0.25, 0.3) is 0 Å². The van der Waals surface area contributed by atoms with Crippen molar-refractivity contribution in [3.05, 3.63) is 22.2 Å². The largest absolute Gasteiger partial charge is 0.490 e. The highest BCUT2D eigenvalue weighted by molar-refractivity contribution is 9.10. The van der Waals surface area contributed by atoms with Gasteiger partial charge in [0, 0.05) is 13.0 Å². The molecule has 0 saturated heterocycles. The van der Waals surface area contributed by atoms with Crippen LogP contribution in [0.1, 0.15) is 25.3 Å². The Morgan fingerprint density at radius 3 is 2.64 bits per heavy atom. The van der Waals surface area contributed by atoms with Crippen LogP contribution in [0.2, 0.25) is 0 Å². The fraction of sp³-hybridized carbons (Fsp3) is 0.562. The molecule has 0 amide bonds. The van der Waals surface area contributed by atoms with E-state index >= 15 is 0 Å². The molecule has 0 bridgehead atoms. The highest BCUT2D eigenvalue weighted by atomic mass is 79.9. The number of nitrogens with zero attached hydrogens (tertiary/aromatic N) is 1. The van der Waals surface area contributed by atoms with E-state index in [1.807, 2.05) is 33.2 Å². The second-order valence-electron chi connectivity index (χ2n) is 5.24. The molecular weight excluding hydrogens is 350 g/mol. The van der Waals surface area contributed by atoms with Crippen molar-refractivity contribution in [3.8, 4) is 11.5 Å². The maximum Gasteiger partial charge on any atom is 0.303 e. The molecule has 0 aliphatic rings. The van der Waals surface area contributed by atoms with E-state index in [1.54, 1.807) is 0 Å². The minimum atomic E-state index is -0.807. The molecule has 1 rings (SSSR count). The minimum Gasteiger partial charge on any atom is -0.490 e. The van der Waals surface area contributed by atoms with Gasteiger partial charge in [0.2, 0.25) is 0 Å². The maximum absolute atomic E-state index is 10.7. The average molecular weight is 374 g/mol. The van der Waals surface area contributed by atoms with Crippen LogP contribution in [0, 0.1) is 0 Å².